The minimum absolute atomic E-state index is 0.0271. The molecule has 2 saturated carbocycles. The van der Waals surface area contributed by atoms with E-state index in [1.54, 1.807) is 18.2 Å². The zero-order valence-corrected chi connectivity index (χ0v) is 31.3. The summed E-state index contributed by atoms with van der Waals surface area (Å²) in [5.41, 5.74) is 0.0609. The number of carbonyl (C=O) groups excluding carboxylic acids is 6. The molecule has 1 aromatic carbocycles. The maximum Gasteiger partial charge on any atom is 0.289 e. The fraction of sp³-hybridized carbons (Fsp3) is 0.579. The predicted octanol–water partition coefficient (Wildman–Crippen LogP) is 1.86. The van der Waals surface area contributed by atoms with Crippen molar-refractivity contribution in [1.29, 1.82) is 0 Å². The molecule has 1 saturated heterocycles. The van der Waals surface area contributed by atoms with Crippen LogP contribution in [0.4, 0.5) is 0 Å². The molecule has 0 unspecified atom stereocenters. The molecular formula is C38H51N7O9. The molecule has 292 valence electrons. The van der Waals surface area contributed by atoms with Crippen LogP contribution < -0.4 is 35.5 Å². The average Bonchev–Trinajstić information content (AvgIpc) is 3.91. The van der Waals surface area contributed by atoms with E-state index >= 15 is 0 Å². The first-order valence-corrected chi connectivity index (χ1v) is 18.7. The number of Topliss-reactive ketones (excluding diaryl/α,β-unsaturated/α-hetero) is 1. The number of amides is 5. The van der Waals surface area contributed by atoms with Crippen molar-refractivity contribution in [1.82, 2.24) is 36.1 Å². The van der Waals surface area contributed by atoms with Crippen LogP contribution >= 0.6 is 0 Å². The van der Waals surface area contributed by atoms with Crippen LogP contribution in [0, 0.1) is 5.92 Å². The highest BCUT2D eigenvalue weighted by Crippen LogP contribution is 2.31. The molecule has 1 aromatic heterocycles. The maximum absolute atomic E-state index is 14.2. The van der Waals surface area contributed by atoms with E-state index in [9.17, 15) is 28.8 Å². The fourth-order valence-electron chi connectivity index (χ4n) is 6.99. The first-order chi connectivity index (χ1) is 26.0. The van der Waals surface area contributed by atoms with Gasteiger partial charge in [-0.25, -0.2) is 4.98 Å². The molecule has 3 aliphatic rings. The molecule has 2 aliphatic carbocycles. The lowest BCUT2D eigenvalue weighted by molar-refractivity contribution is -0.143. The topological polar surface area (TPSA) is 207 Å². The zero-order valence-electron chi connectivity index (χ0n) is 31.3. The van der Waals surface area contributed by atoms with Gasteiger partial charge < -0.3 is 40.4 Å². The van der Waals surface area contributed by atoms with E-state index in [2.05, 4.69) is 31.2 Å². The minimum atomic E-state index is -1.11. The second kappa shape index (κ2) is 18.7. The van der Waals surface area contributed by atoms with Crippen LogP contribution in [0.2, 0.25) is 0 Å². The lowest BCUT2D eigenvalue weighted by atomic mass is 9.83. The van der Waals surface area contributed by atoms with Crippen LogP contribution in [-0.4, -0.2) is 107 Å². The van der Waals surface area contributed by atoms with Gasteiger partial charge in [-0.15, -0.1) is 0 Å². The summed E-state index contributed by atoms with van der Waals surface area (Å²) in [7, 11) is 3.01. The number of rotatable bonds is 17. The number of aromatic nitrogens is 2. The molecule has 0 spiro atoms. The van der Waals surface area contributed by atoms with E-state index in [1.165, 1.54) is 44.6 Å². The summed E-state index contributed by atoms with van der Waals surface area (Å²) in [4.78, 5) is 90.3. The average molecular weight is 750 g/mol. The highest BCUT2D eigenvalue weighted by atomic mass is 16.5. The molecule has 2 aromatic rings. The van der Waals surface area contributed by atoms with Crippen molar-refractivity contribution in [3.8, 4) is 17.2 Å². The van der Waals surface area contributed by atoms with Crippen LogP contribution in [-0.2, 0) is 24.0 Å². The Morgan fingerprint density at radius 2 is 1.57 bits per heavy atom. The summed E-state index contributed by atoms with van der Waals surface area (Å²) >= 11 is 0. The quantitative estimate of drug-likeness (QED) is 0.172. The molecular weight excluding hydrogens is 698 g/mol. The first kappa shape index (κ1) is 39.9. The molecule has 1 aliphatic heterocycles. The number of nitrogens with one attached hydrogen (secondary N) is 4. The Morgan fingerprint density at radius 3 is 2.19 bits per heavy atom. The molecule has 5 atom stereocenters. The van der Waals surface area contributed by atoms with Gasteiger partial charge in [0.1, 0.15) is 47.2 Å². The SMILES string of the molecule is CCC[C@H](NC(=O)[C@@H]1C[C@@H](Oc2cc(OC)cc(OC)c2)CN1C(=O)[C@H](C)NC(=O)[C@@H](NC(=O)c1cnccn1)C1CCCCC1)C(=O)C(=O)NC1CC1. The summed E-state index contributed by atoms with van der Waals surface area (Å²) in [5, 5.41) is 11.0. The van der Waals surface area contributed by atoms with Crippen molar-refractivity contribution in [2.45, 2.75) is 114 Å². The Morgan fingerprint density at radius 1 is 0.889 bits per heavy atom. The second-order valence-electron chi connectivity index (χ2n) is 14.2. The Kier molecular flexibility index (Phi) is 13.8. The molecule has 5 amide bonds. The Labute approximate surface area is 314 Å². The summed E-state index contributed by atoms with van der Waals surface area (Å²) < 4.78 is 17.0. The van der Waals surface area contributed by atoms with Crippen LogP contribution in [0.15, 0.2) is 36.8 Å². The maximum atomic E-state index is 14.2. The Bertz CT molecular complexity index is 1640. The largest absolute Gasteiger partial charge is 0.496 e. The number of carbonyl (C=O) groups is 6. The van der Waals surface area contributed by atoms with Crippen molar-refractivity contribution >= 4 is 35.3 Å². The van der Waals surface area contributed by atoms with Gasteiger partial charge in [0.05, 0.1) is 33.0 Å². The van der Waals surface area contributed by atoms with Gasteiger partial charge in [-0.2, -0.15) is 0 Å². The van der Waals surface area contributed by atoms with E-state index in [-0.39, 0.29) is 37.0 Å². The number of hydrogen-bond donors (Lipinski definition) is 4. The van der Waals surface area contributed by atoms with E-state index < -0.39 is 65.6 Å². The monoisotopic (exact) mass is 749 g/mol. The third-order valence-corrected chi connectivity index (χ3v) is 10.0. The van der Waals surface area contributed by atoms with Gasteiger partial charge in [-0.3, -0.25) is 33.8 Å². The highest BCUT2D eigenvalue weighted by Gasteiger charge is 2.44. The van der Waals surface area contributed by atoms with Crippen molar-refractivity contribution < 1.29 is 43.0 Å². The zero-order chi connectivity index (χ0) is 38.8. The van der Waals surface area contributed by atoms with Crippen LogP contribution in [0.25, 0.3) is 0 Å². The van der Waals surface area contributed by atoms with Crippen LogP contribution in [0.3, 0.4) is 0 Å². The van der Waals surface area contributed by atoms with Gasteiger partial charge in [0.15, 0.2) is 0 Å². The lowest BCUT2D eigenvalue weighted by Gasteiger charge is -2.32. The number of hydrogen-bond acceptors (Lipinski definition) is 11. The fourth-order valence-corrected chi connectivity index (χ4v) is 6.99. The molecule has 4 N–H and O–H groups in total. The molecule has 0 radical (unpaired) electrons. The molecule has 54 heavy (non-hydrogen) atoms. The third kappa shape index (κ3) is 10.4. The van der Waals surface area contributed by atoms with Gasteiger partial charge in [0.2, 0.25) is 23.5 Å². The van der Waals surface area contributed by atoms with E-state index in [0.29, 0.717) is 23.7 Å². The molecule has 0 bridgehead atoms. The standard InChI is InChI=1S/C38H51N7O9/c1-5-9-29(33(46)37(50)42-24-12-13-24)43-35(48)31-19-28(54-27-17-25(52-3)16-26(18-27)53-4)21-45(31)38(51)22(2)41-36(49)32(23-10-7-6-8-11-23)44-34(47)30-20-39-14-15-40-30/h14-18,20,22-24,28-29,31-32H,5-13,19,21H2,1-4H3,(H,41,49)(H,42,50)(H,43,48)(H,44,47)/t22-,28+,29-,31-,32-/m0/s1. The summed E-state index contributed by atoms with van der Waals surface area (Å²) in [6.07, 6.45) is 10.1. The first-order valence-electron chi connectivity index (χ1n) is 18.7. The molecule has 2 heterocycles. The second-order valence-corrected chi connectivity index (χ2v) is 14.2. The van der Waals surface area contributed by atoms with E-state index in [4.69, 9.17) is 14.2 Å². The number of nitrogens with zero attached hydrogens (tertiary/aromatic N) is 3. The number of ether oxygens (including phenoxy) is 3. The van der Waals surface area contributed by atoms with Crippen molar-refractivity contribution in [2.24, 2.45) is 5.92 Å². The molecule has 5 rings (SSSR count). The Balaban J connectivity index is 1.34. The van der Waals surface area contributed by atoms with Crippen LogP contribution in [0.5, 0.6) is 17.2 Å². The Hall–Kier alpha value is -5.28. The predicted molar refractivity (Wildman–Crippen MR) is 195 cm³/mol. The molecule has 16 nitrogen and oxygen atoms in total. The van der Waals surface area contributed by atoms with Gasteiger partial charge in [0, 0.05) is 43.1 Å². The van der Waals surface area contributed by atoms with E-state index in [1.807, 2.05) is 6.92 Å². The summed E-state index contributed by atoms with van der Waals surface area (Å²) in [5.74, 6) is -2.60. The summed E-state index contributed by atoms with van der Waals surface area (Å²) in [6, 6.07) is 0.712. The van der Waals surface area contributed by atoms with Gasteiger partial charge >= 0.3 is 0 Å². The van der Waals surface area contributed by atoms with Crippen molar-refractivity contribution in [2.75, 3.05) is 20.8 Å². The highest BCUT2D eigenvalue weighted by molar-refractivity contribution is 6.38. The summed E-state index contributed by atoms with van der Waals surface area (Å²) in [6.45, 7) is 3.33. The smallest absolute Gasteiger partial charge is 0.289 e. The number of methoxy groups -OCH3 is 2. The minimum Gasteiger partial charge on any atom is -0.496 e. The number of ketones is 1. The van der Waals surface area contributed by atoms with Crippen LogP contribution in [0.1, 0.15) is 88.5 Å². The number of benzene rings is 1. The lowest BCUT2D eigenvalue weighted by Crippen LogP contribution is -2.58. The normalized spacial score (nSPS) is 20.1. The molecule has 16 heteroatoms. The van der Waals surface area contributed by atoms with Crippen molar-refractivity contribution in [3.05, 3.63) is 42.5 Å². The molecule has 3 fully saturated rings. The van der Waals surface area contributed by atoms with Gasteiger partial charge in [0.25, 0.3) is 11.8 Å². The van der Waals surface area contributed by atoms with Crippen molar-refractivity contribution in [3.63, 3.8) is 0 Å². The van der Waals surface area contributed by atoms with Gasteiger partial charge in [-0.05, 0) is 44.9 Å². The third-order valence-electron chi connectivity index (χ3n) is 10.0. The van der Waals surface area contributed by atoms with Gasteiger partial charge in [-0.1, -0.05) is 32.6 Å². The number of likely N-dealkylation sites (tertiary alicyclic amines) is 1. The van der Waals surface area contributed by atoms with E-state index in [0.717, 1.165) is 44.9 Å².